The van der Waals surface area contributed by atoms with Crippen LogP contribution < -0.4 is 0 Å². The zero-order valence-electron chi connectivity index (χ0n) is 15.9. The van der Waals surface area contributed by atoms with Gasteiger partial charge in [0, 0.05) is 23.6 Å². The summed E-state index contributed by atoms with van der Waals surface area (Å²) >= 11 is 12.6. The van der Waals surface area contributed by atoms with Gasteiger partial charge in [-0.25, -0.2) is 0 Å². The molecule has 0 bridgehead atoms. The number of ketones is 1. The number of Topliss-reactive ketones (excluding diaryl/α,β-unsaturated/α-hetero) is 1. The minimum Gasteiger partial charge on any atom is -0.511 e. The molecule has 1 aliphatic heterocycles. The summed E-state index contributed by atoms with van der Waals surface area (Å²) in [5.41, 5.74) is 2.02. The van der Waals surface area contributed by atoms with E-state index in [-0.39, 0.29) is 17.5 Å². The first-order valence-electron chi connectivity index (χ1n) is 9.44. The molecule has 1 saturated heterocycles. The third kappa shape index (κ3) is 3.63. The Balaban J connectivity index is 1.64. The van der Waals surface area contributed by atoms with E-state index in [1.807, 2.05) is 67.6 Å². The van der Waals surface area contributed by atoms with Gasteiger partial charge in [0.05, 0.1) is 14.5 Å². The van der Waals surface area contributed by atoms with Gasteiger partial charge < -0.3 is 5.11 Å². The van der Waals surface area contributed by atoms with Crippen LogP contribution in [-0.4, -0.2) is 20.0 Å². The standard InChI is InChI=1S/C24H20O2S3/c1-24(17-10-6-3-7-11-17)21(27)13-16(22(24)26)12-20-19(25)14-18(23(28)29-20)15-8-4-2-5-9-15/h2-12,18,26H,13-14H2,1H3/t18-,24-/m1/s1. The van der Waals surface area contributed by atoms with Gasteiger partial charge in [-0.05, 0) is 29.7 Å². The molecule has 2 atom stereocenters. The Labute approximate surface area is 185 Å². The Morgan fingerprint density at radius 3 is 2.34 bits per heavy atom. The molecule has 0 radical (unpaired) electrons. The largest absolute Gasteiger partial charge is 0.511 e. The predicted octanol–water partition coefficient (Wildman–Crippen LogP) is 6.23. The van der Waals surface area contributed by atoms with Crippen molar-refractivity contribution in [3.05, 3.63) is 94.1 Å². The first-order valence-corrected chi connectivity index (χ1v) is 11.1. The SMILES string of the molecule is C[C@@]1(c2ccccc2)C(=S)CC(C=C2SC(=S)[C@@H](c3ccccc3)CC2=O)=C1O. The third-order valence-corrected chi connectivity index (χ3v) is 7.84. The van der Waals surface area contributed by atoms with Crippen molar-refractivity contribution in [3.63, 3.8) is 0 Å². The fourth-order valence-electron chi connectivity index (χ4n) is 3.89. The highest BCUT2D eigenvalue weighted by atomic mass is 32.2. The van der Waals surface area contributed by atoms with Gasteiger partial charge >= 0.3 is 0 Å². The second kappa shape index (κ2) is 7.98. The molecule has 0 spiro atoms. The number of hydrogen-bond donors (Lipinski definition) is 1. The van der Waals surface area contributed by atoms with Crippen molar-refractivity contribution in [1.29, 1.82) is 0 Å². The lowest BCUT2D eigenvalue weighted by atomic mass is 9.80. The number of allylic oxidation sites excluding steroid dienone is 4. The fraction of sp³-hybridized carbons (Fsp3) is 0.208. The van der Waals surface area contributed by atoms with Gasteiger partial charge in [-0.15, -0.1) is 0 Å². The first kappa shape index (κ1) is 20.2. The zero-order chi connectivity index (χ0) is 20.6. The van der Waals surface area contributed by atoms with E-state index in [1.165, 1.54) is 11.8 Å². The lowest BCUT2D eigenvalue weighted by molar-refractivity contribution is -0.115. The lowest BCUT2D eigenvalue weighted by Gasteiger charge is -2.25. The van der Waals surface area contributed by atoms with E-state index in [4.69, 9.17) is 24.4 Å². The highest BCUT2D eigenvalue weighted by molar-refractivity contribution is 8.26. The molecule has 0 aromatic heterocycles. The second-order valence-corrected chi connectivity index (χ2v) is 9.76. The van der Waals surface area contributed by atoms with Crippen LogP contribution in [0.15, 0.2) is 83.0 Å². The molecule has 0 saturated carbocycles. The van der Waals surface area contributed by atoms with Crippen LogP contribution in [-0.2, 0) is 10.2 Å². The van der Waals surface area contributed by atoms with Gasteiger partial charge in [-0.2, -0.15) is 0 Å². The number of rotatable bonds is 3. The molecular formula is C24H20O2S3. The summed E-state index contributed by atoms with van der Waals surface area (Å²) in [4.78, 5) is 14.2. The summed E-state index contributed by atoms with van der Waals surface area (Å²) < 4.78 is 0.786. The van der Waals surface area contributed by atoms with E-state index in [1.54, 1.807) is 6.08 Å². The summed E-state index contributed by atoms with van der Waals surface area (Å²) in [5.74, 6) is 0.227. The number of hydrogen-bond acceptors (Lipinski definition) is 5. The van der Waals surface area contributed by atoms with Crippen LogP contribution in [0.1, 0.15) is 36.8 Å². The highest BCUT2D eigenvalue weighted by Crippen LogP contribution is 2.45. The smallest absolute Gasteiger partial charge is 0.170 e. The molecule has 146 valence electrons. The summed E-state index contributed by atoms with van der Waals surface area (Å²) in [6.07, 6.45) is 2.62. The van der Waals surface area contributed by atoms with Crippen molar-refractivity contribution in [2.75, 3.05) is 0 Å². The number of carbonyl (C=O) groups excluding carboxylic acids is 1. The Kier molecular flexibility index (Phi) is 5.56. The Bertz CT molecular complexity index is 1050. The molecule has 0 unspecified atom stereocenters. The normalized spacial score (nSPS) is 26.4. The van der Waals surface area contributed by atoms with E-state index in [0.29, 0.717) is 23.3 Å². The predicted molar refractivity (Wildman–Crippen MR) is 128 cm³/mol. The van der Waals surface area contributed by atoms with Crippen LogP contribution in [0.25, 0.3) is 0 Å². The molecule has 5 heteroatoms. The topological polar surface area (TPSA) is 37.3 Å². The number of carbonyl (C=O) groups is 1. The third-order valence-electron chi connectivity index (χ3n) is 5.70. The average molecular weight is 437 g/mol. The summed E-state index contributed by atoms with van der Waals surface area (Å²) in [6, 6.07) is 19.7. The first-order chi connectivity index (χ1) is 13.9. The summed E-state index contributed by atoms with van der Waals surface area (Å²) in [6.45, 7) is 1.94. The van der Waals surface area contributed by atoms with Crippen LogP contribution in [0.3, 0.4) is 0 Å². The van der Waals surface area contributed by atoms with Crippen LogP contribution >= 0.6 is 36.2 Å². The van der Waals surface area contributed by atoms with E-state index in [0.717, 1.165) is 20.2 Å². The van der Waals surface area contributed by atoms with Crippen molar-refractivity contribution < 1.29 is 9.90 Å². The zero-order valence-corrected chi connectivity index (χ0v) is 18.4. The molecule has 2 nitrogen and oxygen atoms in total. The molecule has 0 amide bonds. The van der Waals surface area contributed by atoms with Crippen LogP contribution in [0.2, 0.25) is 0 Å². The van der Waals surface area contributed by atoms with Crippen LogP contribution in [0, 0.1) is 0 Å². The number of thiocarbonyl (C=S) groups is 2. The maximum Gasteiger partial charge on any atom is 0.170 e. The molecule has 1 fully saturated rings. The van der Waals surface area contributed by atoms with Crippen molar-refractivity contribution in [2.45, 2.75) is 31.1 Å². The van der Waals surface area contributed by atoms with Crippen molar-refractivity contribution in [3.8, 4) is 0 Å². The van der Waals surface area contributed by atoms with Gasteiger partial charge in [0.15, 0.2) is 5.78 Å². The molecule has 2 aromatic carbocycles. The molecule has 4 rings (SSSR count). The van der Waals surface area contributed by atoms with Gasteiger partial charge in [0.2, 0.25) is 0 Å². The quantitative estimate of drug-likeness (QED) is 0.456. The lowest BCUT2D eigenvalue weighted by Crippen LogP contribution is -2.29. The number of aliphatic hydroxyl groups excluding tert-OH is 1. The monoisotopic (exact) mass is 436 g/mol. The minimum absolute atomic E-state index is 0.0528. The minimum atomic E-state index is -0.710. The number of thioether (sulfide) groups is 1. The molecule has 2 aliphatic rings. The fourth-order valence-corrected chi connectivity index (χ4v) is 5.72. The molecule has 1 N–H and O–H groups in total. The summed E-state index contributed by atoms with van der Waals surface area (Å²) in [7, 11) is 0. The average Bonchev–Trinajstić information content (AvgIpc) is 2.96. The van der Waals surface area contributed by atoms with Crippen LogP contribution in [0.5, 0.6) is 0 Å². The molecule has 1 aliphatic carbocycles. The number of aliphatic hydroxyl groups is 1. The Hall–Kier alpha value is -2.08. The highest BCUT2D eigenvalue weighted by Gasteiger charge is 2.43. The van der Waals surface area contributed by atoms with Gasteiger partial charge in [0.1, 0.15) is 5.76 Å². The maximum atomic E-state index is 12.8. The summed E-state index contributed by atoms with van der Waals surface area (Å²) in [5, 5.41) is 11.0. The van der Waals surface area contributed by atoms with Gasteiger partial charge in [-0.3, -0.25) is 4.79 Å². The van der Waals surface area contributed by atoms with Crippen molar-refractivity contribution in [2.24, 2.45) is 0 Å². The van der Waals surface area contributed by atoms with Crippen LogP contribution in [0.4, 0.5) is 0 Å². The molecular weight excluding hydrogens is 416 g/mol. The van der Waals surface area contributed by atoms with Gasteiger partial charge in [-0.1, -0.05) is 96.9 Å². The molecule has 1 heterocycles. The van der Waals surface area contributed by atoms with E-state index >= 15 is 0 Å². The second-order valence-electron chi connectivity index (χ2n) is 7.49. The molecule has 29 heavy (non-hydrogen) atoms. The van der Waals surface area contributed by atoms with Crippen molar-refractivity contribution in [1.82, 2.24) is 0 Å². The number of benzene rings is 2. The van der Waals surface area contributed by atoms with E-state index in [9.17, 15) is 9.90 Å². The Morgan fingerprint density at radius 1 is 1.07 bits per heavy atom. The maximum absolute atomic E-state index is 12.8. The van der Waals surface area contributed by atoms with E-state index < -0.39 is 5.41 Å². The van der Waals surface area contributed by atoms with Gasteiger partial charge in [0.25, 0.3) is 0 Å². The molecule has 2 aromatic rings. The van der Waals surface area contributed by atoms with E-state index in [2.05, 4.69) is 0 Å². The Morgan fingerprint density at radius 2 is 1.69 bits per heavy atom. The van der Waals surface area contributed by atoms with Crippen molar-refractivity contribution >= 4 is 51.0 Å².